The van der Waals surface area contributed by atoms with E-state index in [9.17, 15) is 9.59 Å². The third-order valence-electron chi connectivity index (χ3n) is 5.29. The van der Waals surface area contributed by atoms with Crippen molar-refractivity contribution < 1.29 is 19.0 Å². The largest absolute Gasteiger partial charge is 0.493 e. The predicted molar refractivity (Wildman–Crippen MR) is 132 cm³/mol. The molecule has 7 heteroatoms. The average Bonchev–Trinajstić information content (AvgIpc) is 2.84. The Kier molecular flexibility index (Phi) is 6.33. The zero-order valence-corrected chi connectivity index (χ0v) is 19.5. The Morgan fingerprint density at radius 3 is 2.12 bits per heavy atom. The van der Waals surface area contributed by atoms with Gasteiger partial charge in [0.1, 0.15) is 5.00 Å². The van der Waals surface area contributed by atoms with Gasteiger partial charge in [0.2, 0.25) is 5.75 Å². The summed E-state index contributed by atoms with van der Waals surface area (Å²) >= 11 is 1.36. The van der Waals surface area contributed by atoms with E-state index in [0.29, 0.717) is 38.8 Å². The van der Waals surface area contributed by atoms with Crippen LogP contribution in [0.2, 0.25) is 0 Å². The topological polar surface area (TPSA) is 73.9 Å². The summed E-state index contributed by atoms with van der Waals surface area (Å²) < 4.78 is 16.9. The SMILES string of the molecule is COc1cc(C(=O)Nc2sc3ccccc3c(=O)c2-c2ccc(C)cc2)cc(OC)c1OC. The van der Waals surface area contributed by atoms with Crippen molar-refractivity contribution in [3.05, 3.63) is 82.0 Å². The monoisotopic (exact) mass is 461 g/mol. The van der Waals surface area contributed by atoms with Crippen LogP contribution in [-0.2, 0) is 0 Å². The average molecular weight is 462 g/mol. The van der Waals surface area contributed by atoms with E-state index >= 15 is 0 Å². The van der Waals surface area contributed by atoms with Gasteiger partial charge in [-0.1, -0.05) is 42.0 Å². The molecule has 6 nitrogen and oxygen atoms in total. The Balaban J connectivity index is 1.85. The number of fused-ring (bicyclic) bond motifs is 1. The number of carbonyl (C=O) groups is 1. The molecule has 1 aromatic heterocycles. The molecule has 0 fully saturated rings. The number of hydrogen-bond acceptors (Lipinski definition) is 6. The van der Waals surface area contributed by atoms with Gasteiger partial charge in [-0.15, -0.1) is 11.3 Å². The minimum absolute atomic E-state index is 0.131. The lowest BCUT2D eigenvalue weighted by molar-refractivity contribution is 0.102. The van der Waals surface area contributed by atoms with Gasteiger partial charge in [-0.2, -0.15) is 0 Å². The van der Waals surface area contributed by atoms with Crippen molar-refractivity contribution in [1.29, 1.82) is 0 Å². The Bertz CT molecular complexity index is 1370. The van der Waals surface area contributed by atoms with E-state index in [4.69, 9.17) is 14.2 Å². The fraction of sp³-hybridized carbons (Fsp3) is 0.154. The number of ether oxygens (including phenoxy) is 3. The zero-order valence-electron chi connectivity index (χ0n) is 18.7. The van der Waals surface area contributed by atoms with Crippen LogP contribution in [0.4, 0.5) is 5.00 Å². The summed E-state index contributed by atoms with van der Waals surface area (Å²) in [6.45, 7) is 1.98. The van der Waals surface area contributed by atoms with Gasteiger partial charge in [-0.05, 0) is 36.8 Å². The minimum Gasteiger partial charge on any atom is -0.493 e. The van der Waals surface area contributed by atoms with Crippen LogP contribution in [0.1, 0.15) is 15.9 Å². The molecular weight excluding hydrogens is 438 g/mol. The lowest BCUT2D eigenvalue weighted by Crippen LogP contribution is -2.16. The molecule has 0 aliphatic heterocycles. The molecular formula is C26H23NO5S. The van der Waals surface area contributed by atoms with Crippen LogP contribution in [0.25, 0.3) is 21.2 Å². The smallest absolute Gasteiger partial charge is 0.256 e. The fourth-order valence-corrected chi connectivity index (χ4v) is 4.69. The van der Waals surface area contributed by atoms with E-state index in [1.807, 2.05) is 49.4 Å². The number of nitrogens with one attached hydrogen (secondary N) is 1. The van der Waals surface area contributed by atoms with E-state index in [2.05, 4.69) is 5.32 Å². The molecule has 0 spiro atoms. The molecule has 4 aromatic rings. The van der Waals surface area contributed by atoms with Gasteiger partial charge in [0.15, 0.2) is 16.9 Å². The standard InChI is InChI=1S/C26H23NO5S/c1-15-9-11-16(12-10-15)22-23(28)18-7-5-6-8-21(18)33-26(22)27-25(29)17-13-19(30-2)24(32-4)20(14-17)31-3/h5-14H,1-4H3,(H,27,29). The van der Waals surface area contributed by atoms with Gasteiger partial charge in [0, 0.05) is 15.6 Å². The maximum atomic E-state index is 13.4. The Morgan fingerprint density at radius 2 is 1.52 bits per heavy atom. The molecule has 0 saturated carbocycles. The van der Waals surface area contributed by atoms with E-state index in [1.54, 1.807) is 18.2 Å². The van der Waals surface area contributed by atoms with E-state index in [0.717, 1.165) is 15.8 Å². The maximum Gasteiger partial charge on any atom is 0.256 e. The molecule has 0 bridgehead atoms. The minimum atomic E-state index is -0.395. The second kappa shape index (κ2) is 9.34. The fourth-order valence-electron chi connectivity index (χ4n) is 3.60. The highest BCUT2D eigenvalue weighted by Gasteiger charge is 2.20. The van der Waals surface area contributed by atoms with Crippen LogP contribution >= 0.6 is 11.3 Å². The summed E-state index contributed by atoms with van der Waals surface area (Å²) in [5.41, 5.74) is 2.46. The number of amides is 1. The van der Waals surface area contributed by atoms with Crippen molar-refractivity contribution in [2.45, 2.75) is 6.92 Å². The van der Waals surface area contributed by atoms with Gasteiger partial charge in [-0.25, -0.2) is 0 Å². The second-order valence-electron chi connectivity index (χ2n) is 7.37. The van der Waals surface area contributed by atoms with Crippen molar-refractivity contribution >= 4 is 32.3 Å². The number of carbonyl (C=O) groups excluding carboxylic acids is 1. The van der Waals surface area contributed by atoms with E-state index < -0.39 is 5.91 Å². The summed E-state index contributed by atoms with van der Waals surface area (Å²) in [4.78, 5) is 26.7. The van der Waals surface area contributed by atoms with Crippen LogP contribution < -0.4 is 25.0 Å². The van der Waals surface area contributed by atoms with Gasteiger partial charge >= 0.3 is 0 Å². The lowest BCUT2D eigenvalue weighted by atomic mass is 10.0. The first kappa shape index (κ1) is 22.4. The first-order chi connectivity index (χ1) is 16.0. The molecule has 0 aliphatic carbocycles. The number of aryl methyl sites for hydroxylation is 1. The number of anilines is 1. The lowest BCUT2D eigenvalue weighted by Gasteiger charge is -2.15. The van der Waals surface area contributed by atoms with Gasteiger partial charge < -0.3 is 19.5 Å². The quantitative estimate of drug-likeness (QED) is 0.410. The van der Waals surface area contributed by atoms with Crippen molar-refractivity contribution in [1.82, 2.24) is 0 Å². The zero-order chi connectivity index (χ0) is 23.5. The molecule has 0 atom stereocenters. The molecule has 0 saturated heterocycles. The van der Waals surface area contributed by atoms with E-state index in [1.165, 1.54) is 32.7 Å². The summed E-state index contributed by atoms with van der Waals surface area (Å²) in [5.74, 6) is 0.737. The van der Waals surface area contributed by atoms with Crippen molar-refractivity contribution in [2.24, 2.45) is 0 Å². The number of hydrogen-bond donors (Lipinski definition) is 1. The molecule has 0 aliphatic rings. The Hall–Kier alpha value is -3.84. The first-order valence-electron chi connectivity index (χ1n) is 10.2. The third kappa shape index (κ3) is 4.27. The van der Waals surface area contributed by atoms with Crippen molar-refractivity contribution in [2.75, 3.05) is 26.6 Å². The molecule has 0 radical (unpaired) electrons. The van der Waals surface area contributed by atoms with Crippen molar-refractivity contribution in [3.63, 3.8) is 0 Å². The third-order valence-corrected chi connectivity index (χ3v) is 6.38. The highest BCUT2D eigenvalue weighted by atomic mass is 32.1. The number of rotatable bonds is 6. The summed E-state index contributed by atoms with van der Waals surface area (Å²) in [7, 11) is 4.48. The highest BCUT2D eigenvalue weighted by Crippen LogP contribution is 2.39. The molecule has 1 amide bonds. The van der Waals surface area contributed by atoms with Crippen LogP contribution in [0.3, 0.4) is 0 Å². The van der Waals surface area contributed by atoms with Gasteiger partial charge in [0.05, 0.1) is 26.9 Å². The summed E-state index contributed by atoms with van der Waals surface area (Å²) in [6.07, 6.45) is 0. The van der Waals surface area contributed by atoms with Gasteiger partial charge in [-0.3, -0.25) is 9.59 Å². The van der Waals surface area contributed by atoms with Gasteiger partial charge in [0.25, 0.3) is 5.91 Å². The van der Waals surface area contributed by atoms with Crippen LogP contribution in [-0.4, -0.2) is 27.2 Å². The molecule has 168 valence electrons. The van der Waals surface area contributed by atoms with Crippen molar-refractivity contribution in [3.8, 4) is 28.4 Å². The van der Waals surface area contributed by atoms with Crippen LogP contribution in [0, 0.1) is 6.92 Å². The van der Waals surface area contributed by atoms with Crippen LogP contribution in [0.5, 0.6) is 17.2 Å². The van der Waals surface area contributed by atoms with Crippen LogP contribution in [0.15, 0.2) is 65.5 Å². The summed E-state index contributed by atoms with van der Waals surface area (Å²) in [6, 6.07) is 18.2. The predicted octanol–water partition coefficient (Wildman–Crippen LogP) is 5.52. The Morgan fingerprint density at radius 1 is 0.879 bits per heavy atom. The Labute approximate surface area is 195 Å². The molecule has 33 heavy (non-hydrogen) atoms. The van der Waals surface area contributed by atoms with E-state index in [-0.39, 0.29) is 5.43 Å². The maximum absolute atomic E-state index is 13.4. The highest BCUT2D eigenvalue weighted by molar-refractivity contribution is 7.22. The second-order valence-corrected chi connectivity index (χ2v) is 8.42. The first-order valence-corrected chi connectivity index (χ1v) is 11.0. The molecule has 1 N–H and O–H groups in total. The number of benzene rings is 3. The molecule has 3 aromatic carbocycles. The normalized spacial score (nSPS) is 10.7. The number of methoxy groups -OCH3 is 3. The molecule has 1 heterocycles. The molecule has 4 rings (SSSR count). The molecule has 0 unspecified atom stereocenters. The summed E-state index contributed by atoms with van der Waals surface area (Å²) in [5, 5.41) is 4.03.